The van der Waals surface area contributed by atoms with E-state index in [1.54, 1.807) is 31.2 Å². The van der Waals surface area contributed by atoms with Crippen molar-refractivity contribution >= 4 is 23.6 Å². The number of nitrogens with one attached hydrogen (secondary N) is 3. The molecule has 3 rings (SSSR count). The fourth-order valence-corrected chi connectivity index (χ4v) is 3.64. The largest absolute Gasteiger partial charge is 0.481 e. The van der Waals surface area contributed by atoms with Crippen molar-refractivity contribution in [3.63, 3.8) is 0 Å². The Labute approximate surface area is 174 Å². The van der Waals surface area contributed by atoms with Gasteiger partial charge in [-0.2, -0.15) is 0 Å². The van der Waals surface area contributed by atoms with E-state index in [1.807, 2.05) is 24.3 Å². The minimum Gasteiger partial charge on any atom is -0.481 e. The monoisotopic (exact) mass is 408 g/mol. The molecular formula is C22H24N4O4. The van der Waals surface area contributed by atoms with E-state index in [4.69, 9.17) is 16.2 Å². The Morgan fingerprint density at radius 2 is 1.67 bits per heavy atom. The van der Waals surface area contributed by atoms with Crippen LogP contribution >= 0.6 is 0 Å². The molecule has 0 bridgehead atoms. The van der Waals surface area contributed by atoms with Gasteiger partial charge in [0.25, 0.3) is 5.91 Å². The first-order valence-electron chi connectivity index (χ1n) is 9.54. The zero-order chi connectivity index (χ0) is 21.9. The van der Waals surface area contributed by atoms with Crippen LogP contribution in [0.5, 0.6) is 0 Å². The maximum atomic E-state index is 12.5. The van der Waals surface area contributed by atoms with Crippen LogP contribution in [0.4, 0.5) is 0 Å². The highest BCUT2D eigenvalue weighted by molar-refractivity contribution is 5.96. The number of nitrogens with two attached hydrogens (primary N) is 1. The fraction of sp³-hybridized carbons (Fsp3) is 0.273. The minimum atomic E-state index is -1.05. The molecule has 1 aliphatic heterocycles. The summed E-state index contributed by atoms with van der Waals surface area (Å²) in [5, 5.41) is 22.0. The van der Waals surface area contributed by atoms with E-state index in [1.165, 1.54) is 0 Å². The van der Waals surface area contributed by atoms with Gasteiger partial charge in [0.05, 0.1) is 11.8 Å². The molecule has 2 unspecified atom stereocenters. The Bertz CT molecular complexity index is 985. The third-order valence-electron chi connectivity index (χ3n) is 5.63. The van der Waals surface area contributed by atoms with Crippen molar-refractivity contribution in [1.29, 1.82) is 5.41 Å². The van der Waals surface area contributed by atoms with Crippen molar-refractivity contribution in [2.24, 2.45) is 17.1 Å². The predicted octanol–water partition coefficient (Wildman–Crippen LogP) is 1.59. The Morgan fingerprint density at radius 1 is 1.13 bits per heavy atom. The van der Waals surface area contributed by atoms with E-state index in [9.17, 15) is 14.4 Å². The van der Waals surface area contributed by atoms with Crippen LogP contribution in [-0.4, -0.2) is 41.8 Å². The highest BCUT2D eigenvalue weighted by Gasteiger charge is 2.47. The zero-order valence-corrected chi connectivity index (χ0v) is 16.6. The molecule has 0 radical (unpaired) electrons. The second-order valence-electron chi connectivity index (χ2n) is 7.67. The number of aliphatic carboxylic acids is 1. The summed E-state index contributed by atoms with van der Waals surface area (Å²) in [6.07, 6.45) is -0.281. The van der Waals surface area contributed by atoms with E-state index < -0.39 is 11.4 Å². The number of carboxylic acids is 1. The molecule has 2 aromatic rings. The number of amides is 2. The molecular weight excluding hydrogens is 384 g/mol. The first-order chi connectivity index (χ1) is 14.2. The van der Waals surface area contributed by atoms with Gasteiger partial charge >= 0.3 is 5.97 Å². The lowest BCUT2D eigenvalue weighted by Gasteiger charge is -2.26. The Balaban J connectivity index is 1.64. The van der Waals surface area contributed by atoms with Crippen molar-refractivity contribution in [1.82, 2.24) is 10.6 Å². The quantitative estimate of drug-likeness (QED) is 0.349. The van der Waals surface area contributed by atoms with Gasteiger partial charge in [-0.3, -0.25) is 19.8 Å². The molecule has 30 heavy (non-hydrogen) atoms. The Hall–Kier alpha value is -3.68. The van der Waals surface area contributed by atoms with Crippen LogP contribution < -0.4 is 16.4 Å². The van der Waals surface area contributed by atoms with Gasteiger partial charge in [-0.15, -0.1) is 0 Å². The zero-order valence-electron chi connectivity index (χ0n) is 16.6. The molecule has 1 aliphatic rings. The highest BCUT2D eigenvalue weighted by atomic mass is 16.4. The molecule has 0 saturated carbocycles. The minimum absolute atomic E-state index is 0.00665. The molecule has 8 nitrogen and oxygen atoms in total. The molecule has 2 aromatic carbocycles. The average Bonchev–Trinajstić information content (AvgIpc) is 2.99. The first-order valence-corrected chi connectivity index (χ1v) is 9.54. The van der Waals surface area contributed by atoms with E-state index in [-0.39, 0.29) is 36.5 Å². The van der Waals surface area contributed by atoms with Crippen LogP contribution in [0.1, 0.15) is 29.3 Å². The van der Waals surface area contributed by atoms with Crippen molar-refractivity contribution in [2.75, 3.05) is 13.1 Å². The SMILES string of the molecule is CC1(CC(=O)O)C(=O)NCC1CNC(=O)c1ccc(-c2ccc(C(=N)N)cc2)cc1. The maximum absolute atomic E-state index is 12.5. The number of carbonyl (C=O) groups is 3. The van der Waals surface area contributed by atoms with E-state index in [0.29, 0.717) is 17.7 Å². The van der Waals surface area contributed by atoms with Gasteiger partial charge in [0.2, 0.25) is 5.91 Å². The number of carbonyl (C=O) groups excluding carboxylic acids is 2. The normalized spacial score (nSPS) is 20.4. The molecule has 0 aromatic heterocycles. The molecule has 156 valence electrons. The molecule has 1 heterocycles. The van der Waals surface area contributed by atoms with Crippen LogP contribution in [0.15, 0.2) is 48.5 Å². The number of hydrogen-bond donors (Lipinski definition) is 5. The van der Waals surface area contributed by atoms with Crippen molar-refractivity contribution in [3.8, 4) is 11.1 Å². The van der Waals surface area contributed by atoms with Gasteiger partial charge in [0.1, 0.15) is 5.84 Å². The molecule has 1 saturated heterocycles. The highest BCUT2D eigenvalue weighted by Crippen LogP contribution is 2.35. The molecule has 0 spiro atoms. The summed E-state index contributed by atoms with van der Waals surface area (Å²) < 4.78 is 0. The number of carboxylic acid groups (broad SMARTS) is 1. The van der Waals surface area contributed by atoms with Crippen molar-refractivity contribution in [2.45, 2.75) is 13.3 Å². The summed E-state index contributed by atoms with van der Waals surface area (Å²) in [5.74, 6) is -1.93. The topological polar surface area (TPSA) is 145 Å². The fourth-order valence-electron chi connectivity index (χ4n) is 3.64. The van der Waals surface area contributed by atoms with Gasteiger partial charge in [-0.25, -0.2) is 0 Å². The third-order valence-corrected chi connectivity index (χ3v) is 5.63. The molecule has 8 heteroatoms. The number of rotatable bonds is 7. The predicted molar refractivity (Wildman–Crippen MR) is 112 cm³/mol. The second-order valence-corrected chi connectivity index (χ2v) is 7.67. The Kier molecular flexibility index (Phi) is 5.86. The standard InChI is InChI=1S/C22H24N4O4/c1-22(10-18(27)28)17(12-26-21(22)30)11-25-20(29)16-8-4-14(5-9-16)13-2-6-15(7-3-13)19(23)24/h2-9,17H,10-12H2,1H3,(H3,23,24)(H,25,29)(H,26,30)(H,27,28). The lowest BCUT2D eigenvalue weighted by atomic mass is 9.76. The molecule has 1 fully saturated rings. The summed E-state index contributed by atoms with van der Waals surface area (Å²) in [4.78, 5) is 35.7. The summed E-state index contributed by atoms with van der Waals surface area (Å²) in [6, 6.07) is 14.3. The van der Waals surface area contributed by atoms with Gasteiger partial charge in [-0.1, -0.05) is 36.4 Å². The number of hydrogen-bond acceptors (Lipinski definition) is 4. The van der Waals surface area contributed by atoms with Crippen LogP contribution in [0.2, 0.25) is 0 Å². The first kappa shape index (κ1) is 21.0. The number of benzene rings is 2. The smallest absolute Gasteiger partial charge is 0.304 e. The number of nitrogen functional groups attached to an aromatic ring is 1. The Morgan fingerprint density at radius 3 is 2.17 bits per heavy atom. The van der Waals surface area contributed by atoms with Gasteiger partial charge in [-0.05, 0) is 30.2 Å². The summed E-state index contributed by atoms with van der Waals surface area (Å²) in [5.41, 5.74) is 7.38. The van der Waals surface area contributed by atoms with Gasteiger partial charge in [0, 0.05) is 30.1 Å². The summed E-state index contributed by atoms with van der Waals surface area (Å²) in [7, 11) is 0. The average molecular weight is 408 g/mol. The van der Waals surface area contributed by atoms with E-state index in [2.05, 4.69) is 10.6 Å². The summed E-state index contributed by atoms with van der Waals surface area (Å²) in [6.45, 7) is 2.15. The molecule has 0 aliphatic carbocycles. The molecule has 6 N–H and O–H groups in total. The van der Waals surface area contributed by atoms with Crippen LogP contribution in [-0.2, 0) is 9.59 Å². The lowest BCUT2D eigenvalue weighted by Crippen LogP contribution is -2.40. The molecule has 2 atom stereocenters. The lowest BCUT2D eigenvalue weighted by molar-refractivity contribution is -0.144. The van der Waals surface area contributed by atoms with Gasteiger partial charge < -0.3 is 21.5 Å². The van der Waals surface area contributed by atoms with E-state index >= 15 is 0 Å². The third kappa shape index (κ3) is 4.32. The number of amidine groups is 1. The van der Waals surface area contributed by atoms with Crippen molar-refractivity contribution < 1.29 is 19.5 Å². The van der Waals surface area contributed by atoms with Crippen LogP contribution in [0.25, 0.3) is 11.1 Å². The summed E-state index contributed by atoms with van der Waals surface area (Å²) >= 11 is 0. The second kappa shape index (κ2) is 8.36. The van der Waals surface area contributed by atoms with Crippen molar-refractivity contribution in [3.05, 3.63) is 59.7 Å². The van der Waals surface area contributed by atoms with Crippen LogP contribution in [0, 0.1) is 16.7 Å². The van der Waals surface area contributed by atoms with Gasteiger partial charge in [0.15, 0.2) is 0 Å². The molecule has 2 amide bonds. The van der Waals surface area contributed by atoms with E-state index in [0.717, 1.165) is 11.1 Å². The maximum Gasteiger partial charge on any atom is 0.304 e. The van der Waals surface area contributed by atoms with Crippen LogP contribution in [0.3, 0.4) is 0 Å².